The van der Waals surface area contributed by atoms with Gasteiger partial charge in [-0.2, -0.15) is 5.26 Å². The number of rotatable bonds is 7. The molecule has 0 saturated heterocycles. The van der Waals surface area contributed by atoms with Gasteiger partial charge in [-0.25, -0.2) is 4.79 Å². The third kappa shape index (κ3) is 7.50. The quantitative estimate of drug-likeness (QED) is 0.462. The standard InChI is InChI=1S/C16H11NO2.C8H18/c17-11-14(16(18)19)15(12-7-3-1-4-8-12)13-9-5-2-6-10-13;1-4-6-7-8(3)5-2/h1-10H,(H,18,19);8H,4-7H2,1-3H3. The van der Waals surface area contributed by atoms with Crippen molar-refractivity contribution in [2.45, 2.75) is 46.5 Å². The molecule has 0 amide bonds. The molecule has 2 aromatic rings. The summed E-state index contributed by atoms with van der Waals surface area (Å²) in [6, 6.07) is 19.9. The summed E-state index contributed by atoms with van der Waals surface area (Å²) in [6.07, 6.45) is 5.53. The van der Waals surface area contributed by atoms with Crippen molar-refractivity contribution in [1.82, 2.24) is 0 Å². The minimum absolute atomic E-state index is 0.252. The normalized spacial score (nSPS) is 10.7. The maximum Gasteiger partial charge on any atom is 0.347 e. The predicted octanol–water partition coefficient (Wildman–Crippen LogP) is 6.32. The largest absolute Gasteiger partial charge is 0.477 e. The molecule has 0 aliphatic rings. The number of unbranched alkanes of at least 4 members (excludes halogenated alkanes) is 1. The Hall–Kier alpha value is -2.86. The number of carbonyl (C=O) groups is 1. The van der Waals surface area contributed by atoms with Crippen molar-refractivity contribution in [2.24, 2.45) is 5.92 Å². The zero-order chi connectivity index (χ0) is 20.1. The number of nitriles is 1. The van der Waals surface area contributed by atoms with Crippen LogP contribution in [0.4, 0.5) is 0 Å². The second-order valence-electron chi connectivity index (χ2n) is 6.55. The number of nitrogens with zero attached hydrogens (tertiary/aromatic N) is 1. The van der Waals surface area contributed by atoms with E-state index in [1.807, 2.05) is 36.4 Å². The smallest absolute Gasteiger partial charge is 0.347 e. The van der Waals surface area contributed by atoms with Gasteiger partial charge in [0.15, 0.2) is 0 Å². The maximum absolute atomic E-state index is 11.2. The van der Waals surface area contributed by atoms with Crippen LogP contribution in [0.1, 0.15) is 57.6 Å². The van der Waals surface area contributed by atoms with Gasteiger partial charge in [-0.05, 0) is 17.0 Å². The molecule has 1 atom stereocenters. The lowest BCUT2D eigenvalue weighted by atomic mass is 9.93. The highest BCUT2D eigenvalue weighted by atomic mass is 16.4. The molecular weight excluding hydrogens is 334 g/mol. The maximum atomic E-state index is 11.2. The number of carboxylic acid groups (broad SMARTS) is 1. The topological polar surface area (TPSA) is 61.1 Å². The summed E-state index contributed by atoms with van der Waals surface area (Å²) in [5, 5.41) is 18.3. The summed E-state index contributed by atoms with van der Waals surface area (Å²) < 4.78 is 0. The fraction of sp³-hybridized carbons (Fsp3) is 0.333. The Bertz CT molecular complexity index is 716. The molecule has 0 spiro atoms. The number of hydrogen-bond donors (Lipinski definition) is 1. The molecule has 142 valence electrons. The Morgan fingerprint density at radius 1 is 1.00 bits per heavy atom. The van der Waals surface area contributed by atoms with Crippen molar-refractivity contribution in [1.29, 1.82) is 5.26 Å². The Balaban J connectivity index is 0.000000387. The van der Waals surface area contributed by atoms with Crippen molar-refractivity contribution in [3.63, 3.8) is 0 Å². The van der Waals surface area contributed by atoms with E-state index in [2.05, 4.69) is 20.8 Å². The molecule has 3 nitrogen and oxygen atoms in total. The third-order valence-electron chi connectivity index (χ3n) is 4.45. The summed E-state index contributed by atoms with van der Waals surface area (Å²) in [7, 11) is 0. The van der Waals surface area contributed by atoms with Gasteiger partial charge in [-0.15, -0.1) is 0 Å². The Morgan fingerprint density at radius 3 is 1.81 bits per heavy atom. The minimum atomic E-state index is -1.22. The van der Waals surface area contributed by atoms with Crippen molar-refractivity contribution in [2.75, 3.05) is 0 Å². The van der Waals surface area contributed by atoms with Crippen molar-refractivity contribution >= 4 is 11.5 Å². The lowest BCUT2D eigenvalue weighted by molar-refractivity contribution is -0.132. The highest BCUT2D eigenvalue weighted by molar-refractivity contribution is 6.04. The first-order chi connectivity index (χ1) is 13.0. The van der Waals surface area contributed by atoms with Crippen LogP contribution >= 0.6 is 0 Å². The molecular formula is C24H29NO2. The highest BCUT2D eigenvalue weighted by Gasteiger charge is 2.17. The molecule has 0 saturated carbocycles. The first-order valence-corrected chi connectivity index (χ1v) is 9.53. The van der Waals surface area contributed by atoms with Gasteiger partial charge in [0.2, 0.25) is 0 Å². The molecule has 3 heteroatoms. The van der Waals surface area contributed by atoms with Crippen LogP contribution in [0, 0.1) is 17.2 Å². The molecule has 1 N–H and O–H groups in total. The van der Waals surface area contributed by atoms with E-state index in [0.29, 0.717) is 16.7 Å². The molecule has 27 heavy (non-hydrogen) atoms. The third-order valence-corrected chi connectivity index (χ3v) is 4.45. The van der Waals surface area contributed by atoms with Gasteiger partial charge in [0, 0.05) is 5.57 Å². The Morgan fingerprint density at radius 2 is 1.48 bits per heavy atom. The van der Waals surface area contributed by atoms with Crippen LogP contribution in [-0.2, 0) is 4.79 Å². The molecule has 0 heterocycles. The molecule has 0 fully saturated rings. The fourth-order valence-corrected chi connectivity index (χ4v) is 2.63. The van der Waals surface area contributed by atoms with Gasteiger partial charge in [0.05, 0.1) is 0 Å². The summed E-state index contributed by atoms with van der Waals surface area (Å²) in [5.41, 5.74) is 1.62. The van der Waals surface area contributed by atoms with Crippen LogP contribution in [0.25, 0.3) is 5.57 Å². The summed E-state index contributed by atoms with van der Waals surface area (Å²) in [5.74, 6) is -0.264. The van der Waals surface area contributed by atoms with Crippen LogP contribution < -0.4 is 0 Å². The second-order valence-corrected chi connectivity index (χ2v) is 6.55. The highest BCUT2D eigenvalue weighted by Crippen LogP contribution is 2.26. The number of carboxylic acids is 1. The Kier molecular flexibility index (Phi) is 10.3. The Labute approximate surface area is 163 Å². The lowest BCUT2D eigenvalue weighted by Crippen LogP contribution is -2.03. The minimum Gasteiger partial charge on any atom is -0.477 e. The zero-order valence-electron chi connectivity index (χ0n) is 16.5. The van der Waals surface area contributed by atoms with Crippen LogP contribution in [0.5, 0.6) is 0 Å². The average Bonchev–Trinajstić information content (AvgIpc) is 2.71. The van der Waals surface area contributed by atoms with E-state index in [0.717, 1.165) is 5.92 Å². The first-order valence-electron chi connectivity index (χ1n) is 9.53. The van der Waals surface area contributed by atoms with Gasteiger partial charge < -0.3 is 5.11 Å². The first kappa shape index (κ1) is 22.2. The molecule has 0 aliphatic heterocycles. The van der Waals surface area contributed by atoms with Gasteiger partial charge >= 0.3 is 5.97 Å². The zero-order valence-corrected chi connectivity index (χ0v) is 16.5. The predicted molar refractivity (Wildman–Crippen MR) is 111 cm³/mol. The van der Waals surface area contributed by atoms with E-state index in [9.17, 15) is 9.90 Å². The van der Waals surface area contributed by atoms with Crippen LogP contribution in [0.15, 0.2) is 66.2 Å². The van der Waals surface area contributed by atoms with Crippen molar-refractivity contribution in [3.8, 4) is 6.07 Å². The summed E-state index contributed by atoms with van der Waals surface area (Å²) >= 11 is 0. The van der Waals surface area contributed by atoms with Gasteiger partial charge in [-0.1, -0.05) is 107 Å². The molecule has 0 radical (unpaired) electrons. The molecule has 0 aliphatic carbocycles. The average molecular weight is 364 g/mol. The number of hydrogen-bond acceptors (Lipinski definition) is 2. The van der Waals surface area contributed by atoms with Crippen molar-refractivity contribution < 1.29 is 9.90 Å². The van der Waals surface area contributed by atoms with E-state index >= 15 is 0 Å². The fourth-order valence-electron chi connectivity index (χ4n) is 2.63. The van der Waals surface area contributed by atoms with Crippen LogP contribution in [0.3, 0.4) is 0 Å². The van der Waals surface area contributed by atoms with E-state index in [4.69, 9.17) is 5.26 Å². The van der Waals surface area contributed by atoms with E-state index in [1.54, 1.807) is 30.3 Å². The molecule has 2 rings (SSSR count). The summed E-state index contributed by atoms with van der Waals surface area (Å²) in [6.45, 7) is 6.85. The molecule has 1 unspecified atom stereocenters. The van der Waals surface area contributed by atoms with Gasteiger partial charge in [-0.3, -0.25) is 0 Å². The van der Waals surface area contributed by atoms with E-state index < -0.39 is 5.97 Å². The van der Waals surface area contributed by atoms with E-state index in [1.165, 1.54) is 25.7 Å². The second kappa shape index (κ2) is 12.5. The molecule has 2 aromatic carbocycles. The molecule has 0 bridgehead atoms. The number of benzene rings is 2. The lowest BCUT2D eigenvalue weighted by Gasteiger charge is -2.09. The molecule has 0 aromatic heterocycles. The van der Waals surface area contributed by atoms with Crippen LogP contribution in [0.2, 0.25) is 0 Å². The van der Waals surface area contributed by atoms with Gasteiger partial charge in [0.1, 0.15) is 11.6 Å². The number of aliphatic carboxylic acids is 1. The monoisotopic (exact) mass is 363 g/mol. The van der Waals surface area contributed by atoms with Gasteiger partial charge in [0.25, 0.3) is 0 Å². The summed E-state index contributed by atoms with van der Waals surface area (Å²) in [4.78, 5) is 11.2. The van der Waals surface area contributed by atoms with Crippen LogP contribution in [-0.4, -0.2) is 11.1 Å². The SMILES string of the molecule is CCCCC(C)CC.N#CC(C(=O)O)=C(c1ccccc1)c1ccccc1. The van der Waals surface area contributed by atoms with Crippen molar-refractivity contribution in [3.05, 3.63) is 77.4 Å². The van der Waals surface area contributed by atoms with E-state index in [-0.39, 0.29) is 5.57 Å².